The van der Waals surface area contributed by atoms with Crippen molar-refractivity contribution in [1.82, 2.24) is 4.90 Å². The quantitative estimate of drug-likeness (QED) is 0.877. The summed E-state index contributed by atoms with van der Waals surface area (Å²) < 4.78 is 4.92. The van der Waals surface area contributed by atoms with E-state index >= 15 is 0 Å². The van der Waals surface area contributed by atoms with Gasteiger partial charge in [-0.25, -0.2) is 9.59 Å². The van der Waals surface area contributed by atoms with Gasteiger partial charge in [-0.15, -0.1) is 11.3 Å². The first-order valence-corrected chi connectivity index (χ1v) is 6.20. The van der Waals surface area contributed by atoms with Crippen LogP contribution in [0.1, 0.15) is 27.0 Å². The standard InChI is InChI=1S/C11H13NO4S/c1-2-16-11(15)12-4-3-8-7(6-12)5-9(17-8)10(13)14/h5H,2-4,6H2,1H3,(H,13,14). The topological polar surface area (TPSA) is 66.8 Å². The molecule has 0 saturated heterocycles. The first-order valence-electron chi connectivity index (χ1n) is 5.38. The smallest absolute Gasteiger partial charge is 0.410 e. The van der Waals surface area contributed by atoms with Crippen LogP contribution in [0.2, 0.25) is 0 Å². The Morgan fingerprint density at radius 1 is 1.59 bits per heavy atom. The Morgan fingerprint density at radius 3 is 3.00 bits per heavy atom. The average Bonchev–Trinajstić information content (AvgIpc) is 2.71. The van der Waals surface area contributed by atoms with E-state index in [-0.39, 0.29) is 6.09 Å². The molecule has 0 saturated carbocycles. The third-order valence-corrected chi connectivity index (χ3v) is 3.83. The lowest BCUT2D eigenvalue weighted by molar-refractivity contribution is 0.0702. The average molecular weight is 255 g/mol. The molecule has 6 heteroatoms. The van der Waals surface area contributed by atoms with Crippen LogP contribution in [-0.2, 0) is 17.7 Å². The molecule has 2 heterocycles. The first-order chi connectivity index (χ1) is 8.11. The third-order valence-electron chi connectivity index (χ3n) is 2.60. The fourth-order valence-corrected chi connectivity index (χ4v) is 2.81. The van der Waals surface area contributed by atoms with Gasteiger partial charge in [0, 0.05) is 11.4 Å². The van der Waals surface area contributed by atoms with Gasteiger partial charge in [0.2, 0.25) is 0 Å². The number of hydrogen-bond acceptors (Lipinski definition) is 4. The number of carboxylic acid groups (broad SMARTS) is 1. The maximum absolute atomic E-state index is 11.5. The molecule has 92 valence electrons. The number of carbonyl (C=O) groups is 2. The van der Waals surface area contributed by atoms with Crippen molar-refractivity contribution in [3.63, 3.8) is 0 Å². The first kappa shape index (κ1) is 11.9. The summed E-state index contributed by atoms with van der Waals surface area (Å²) in [5.74, 6) is -0.910. The lowest BCUT2D eigenvalue weighted by atomic mass is 10.1. The second-order valence-electron chi connectivity index (χ2n) is 3.73. The van der Waals surface area contributed by atoms with Gasteiger partial charge < -0.3 is 14.7 Å². The van der Waals surface area contributed by atoms with Gasteiger partial charge in [-0.2, -0.15) is 0 Å². The number of carboxylic acids is 1. The van der Waals surface area contributed by atoms with Crippen LogP contribution in [0.5, 0.6) is 0 Å². The fraction of sp³-hybridized carbons (Fsp3) is 0.455. The molecule has 2 rings (SSSR count). The number of thiophene rings is 1. The number of ether oxygens (including phenoxy) is 1. The number of amides is 1. The Morgan fingerprint density at radius 2 is 2.35 bits per heavy atom. The summed E-state index contributed by atoms with van der Waals surface area (Å²) in [7, 11) is 0. The molecule has 0 fully saturated rings. The van der Waals surface area contributed by atoms with Gasteiger partial charge in [0.05, 0.1) is 13.2 Å². The lowest BCUT2D eigenvalue weighted by Gasteiger charge is -2.25. The molecule has 1 aromatic rings. The molecule has 17 heavy (non-hydrogen) atoms. The molecule has 0 spiro atoms. The Kier molecular flexibility index (Phi) is 3.33. The zero-order chi connectivity index (χ0) is 12.4. The Balaban J connectivity index is 2.13. The molecule has 1 aromatic heterocycles. The van der Waals surface area contributed by atoms with E-state index in [1.165, 1.54) is 11.3 Å². The van der Waals surface area contributed by atoms with Crippen LogP contribution in [0.3, 0.4) is 0 Å². The summed E-state index contributed by atoms with van der Waals surface area (Å²) in [5.41, 5.74) is 0.923. The lowest BCUT2D eigenvalue weighted by Crippen LogP contribution is -2.35. The molecular weight excluding hydrogens is 242 g/mol. The summed E-state index contributed by atoms with van der Waals surface area (Å²) in [6.45, 7) is 3.15. The molecule has 1 amide bonds. The molecule has 1 N–H and O–H groups in total. The summed E-state index contributed by atoms with van der Waals surface area (Å²) in [6.07, 6.45) is 0.368. The zero-order valence-electron chi connectivity index (χ0n) is 9.43. The molecule has 0 aromatic carbocycles. The van der Waals surface area contributed by atoms with Crippen molar-refractivity contribution in [3.05, 3.63) is 21.4 Å². The molecule has 0 aliphatic carbocycles. The minimum absolute atomic E-state index is 0.332. The highest BCUT2D eigenvalue weighted by molar-refractivity contribution is 7.14. The van der Waals surface area contributed by atoms with Crippen LogP contribution >= 0.6 is 11.3 Å². The molecule has 0 radical (unpaired) electrons. The number of nitrogens with zero attached hydrogens (tertiary/aromatic N) is 1. The van der Waals surface area contributed by atoms with Crippen molar-refractivity contribution in [2.24, 2.45) is 0 Å². The number of carbonyl (C=O) groups excluding carboxylic acids is 1. The number of fused-ring (bicyclic) bond motifs is 1. The molecule has 1 aliphatic rings. The van der Waals surface area contributed by atoms with Crippen LogP contribution in [0.25, 0.3) is 0 Å². The molecule has 0 bridgehead atoms. The van der Waals surface area contributed by atoms with E-state index in [9.17, 15) is 9.59 Å². The summed E-state index contributed by atoms with van der Waals surface area (Å²) >= 11 is 1.29. The van der Waals surface area contributed by atoms with E-state index in [2.05, 4.69) is 0 Å². The van der Waals surface area contributed by atoms with Gasteiger partial charge in [0.15, 0.2) is 0 Å². The highest BCUT2D eigenvalue weighted by Gasteiger charge is 2.24. The zero-order valence-corrected chi connectivity index (χ0v) is 10.2. The van der Waals surface area contributed by atoms with Crippen molar-refractivity contribution in [3.8, 4) is 0 Å². The maximum Gasteiger partial charge on any atom is 0.410 e. The van der Waals surface area contributed by atoms with Gasteiger partial charge in [-0.1, -0.05) is 0 Å². The second-order valence-corrected chi connectivity index (χ2v) is 4.87. The summed E-state index contributed by atoms with van der Waals surface area (Å²) in [4.78, 5) is 25.4. The normalized spacial score (nSPS) is 14.3. The van der Waals surface area contributed by atoms with E-state index in [4.69, 9.17) is 9.84 Å². The molecule has 0 atom stereocenters. The monoisotopic (exact) mass is 255 g/mol. The Bertz CT molecular complexity index is 454. The Labute approximate surface area is 103 Å². The maximum atomic E-state index is 11.5. The predicted octanol–water partition coefficient (Wildman–Crippen LogP) is 1.96. The van der Waals surface area contributed by atoms with Crippen molar-refractivity contribution >= 4 is 23.4 Å². The largest absolute Gasteiger partial charge is 0.477 e. The van der Waals surface area contributed by atoms with Crippen LogP contribution in [0, 0.1) is 0 Å². The van der Waals surface area contributed by atoms with E-state index in [0.717, 1.165) is 10.4 Å². The Hall–Kier alpha value is -1.56. The van der Waals surface area contributed by atoms with Gasteiger partial charge in [0.25, 0.3) is 0 Å². The summed E-state index contributed by atoms with van der Waals surface area (Å²) in [5, 5.41) is 8.90. The van der Waals surface area contributed by atoms with Crippen LogP contribution in [-0.4, -0.2) is 35.2 Å². The second kappa shape index (κ2) is 4.75. The van der Waals surface area contributed by atoms with E-state index < -0.39 is 5.97 Å². The highest BCUT2D eigenvalue weighted by Crippen LogP contribution is 2.28. The van der Waals surface area contributed by atoms with Crippen LogP contribution in [0.15, 0.2) is 6.07 Å². The SMILES string of the molecule is CCOC(=O)N1CCc2sc(C(=O)O)cc2C1. The number of aromatic carboxylic acids is 1. The van der Waals surface area contributed by atoms with E-state index in [0.29, 0.717) is 31.0 Å². The summed E-state index contributed by atoms with van der Waals surface area (Å²) in [6, 6.07) is 1.65. The van der Waals surface area contributed by atoms with E-state index in [1.54, 1.807) is 17.9 Å². The van der Waals surface area contributed by atoms with Crippen molar-refractivity contribution in [2.75, 3.05) is 13.2 Å². The fourth-order valence-electron chi connectivity index (χ4n) is 1.81. The van der Waals surface area contributed by atoms with Crippen molar-refractivity contribution in [1.29, 1.82) is 0 Å². The minimum Gasteiger partial charge on any atom is -0.477 e. The van der Waals surface area contributed by atoms with Crippen molar-refractivity contribution < 1.29 is 19.4 Å². The molecule has 1 aliphatic heterocycles. The number of rotatable bonds is 2. The van der Waals surface area contributed by atoms with Gasteiger partial charge in [0.1, 0.15) is 4.88 Å². The molecule has 0 unspecified atom stereocenters. The minimum atomic E-state index is -0.910. The molecular formula is C11H13NO4S. The van der Waals surface area contributed by atoms with Crippen LogP contribution in [0.4, 0.5) is 4.79 Å². The van der Waals surface area contributed by atoms with Crippen molar-refractivity contribution in [2.45, 2.75) is 19.9 Å². The van der Waals surface area contributed by atoms with E-state index in [1.807, 2.05) is 0 Å². The molecule has 5 nitrogen and oxygen atoms in total. The van der Waals surface area contributed by atoms with Gasteiger partial charge in [-0.3, -0.25) is 0 Å². The van der Waals surface area contributed by atoms with Gasteiger partial charge in [-0.05, 0) is 25.0 Å². The van der Waals surface area contributed by atoms with Crippen LogP contribution < -0.4 is 0 Å². The highest BCUT2D eigenvalue weighted by atomic mass is 32.1. The third kappa shape index (κ3) is 2.41. The number of hydrogen-bond donors (Lipinski definition) is 1. The van der Waals surface area contributed by atoms with Gasteiger partial charge >= 0.3 is 12.1 Å². The predicted molar refractivity (Wildman–Crippen MR) is 62.4 cm³/mol.